The van der Waals surface area contributed by atoms with Crippen LogP contribution in [0.15, 0.2) is 6.07 Å². The van der Waals surface area contributed by atoms with Crippen molar-refractivity contribution in [1.82, 2.24) is 4.98 Å². The van der Waals surface area contributed by atoms with Crippen LogP contribution in [0.1, 0.15) is 23.4 Å². The third-order valence-corrected chi connectivity index (χ3v) is 1.84. The predicted molar refractivity (Wildman–Crippen MR) is 45.5 cm³/mol. The van der Waals surface area contributed by atoms with Crippen molar-refractivity contribution in [2.45, 2.75) is 12.6 Å². The first-order valence-electron chi connectivity index (χ1n) is 4.15. The summed E-state index contributed by atoms with van der Waals surface area (Å²) in [6.45, 7) is 0. The van der Waals surface area contributed by atoms with Crippen molar-refractivity contribution < 1.29 is 26.7 Å². The van der Waals surface area contributed by atoms with Crippen LogP contribution in [-0.2, 0) is 6.18 Å². The molecule has 0 fully saturated rings. The van der Waals surface area contributed by atoms with Crippen LogP contribution in [0.4, 0.5) is 22.0 Å². The Morgan fingerprint density at radius 2 is 2.00 bits per heavy atom. The first-order valence-corrected chi connectivity index (χ1v) is 4.15. The largest absolute Gasteiger partial charge is 0.495 e. The quantitative estimate of drug-likeness (QED) is 0.760. The SMILES string of the molecule is COc1cc(C(F)(F)F)nc(C(F)F)c1C#N. The van der Waals surface area contributed by atoms with Crippen molar-refractivity contribution >= 4 is 0 Å². The van der Waals surface area contributed by atoms with Gasteiger partial charge in [-0.1, -0.05) is 0 Å². The normalized spacial score (nSPS) is 11.4. The van der Waals surface area contributed by atoms with E-state index < -0.39 is 35.3 Å². The van der Waals surface area contributed by atoms with Gasteiger partial charge in [-0.3, -0.25) is 0 Å². The average Bonchev–Trinajstić information content (AvgIpc) is 2.25. The van der Waals surface area contributed by atoms with E-state index in [1.165, 1.54) is 6.07 Å². The minimum atomic E-state index is -4.88. The molecule has 0 saturated carbocycles. The second-order valence-corrected chi connectivity index (χ2v) is 2.88. The summed E-state index contributed by atoms with van der Waals surface area (Å²) in [5, 5.41) is 8.59. The lowest BCUT2D eigenvalue weighted by atomic mass is 10.1. The summed E-state index contributed by atoms with van der Waals surface area (Å²) >= 11 is 0. The molecule has 0 bridgehead atoms. The van der Waals surface area contributed by atoms with Crippen molar-refractivity contribution in [2.24, 2.45) is 0 Å². The fraction of sp³-hybridized carbons (Fsp3) is 0.333. The topological polar surface area (TPSA) is 45.9 Å². The van der Waals surface area contributed by atoms with Gasteiger partial charge < -0.3 is 4.74 Å². The van der Waals surface area contributed by atoms with Gasteiger partial charge in [0.05, 0.1) is 7.11 Å². The predicted octanol–water partition coefficient (Wildman–Crippen LogP) is 2.92. The number of nitriles is 1. The van der Waals surface area contributed by atoms with Crippen LogP contribution in [0.2, 0.25) is 0 Å². The van der Waals surface area contributed by atoms with Crippen molar-refractivity contribution in [3.63, 3.8) is 0 Å². The Morgan fingerprint density at radius 1 is 1.41 bits per heavy atom. The monoisotopic (exact) mass is 252 g/mol. The standard InChI is InChI=1S/C9H5F5N2O/c1-17-5-2-6(9(12,13)14)16-7(8(10)11)4(5)3-15/h2,8H,1H3. The lowest BCUT2D eigenvalue weighted by molar-refractivity contribution is -0.141. The second kappa shape index (κ2) is 4.53. The highest BCUT2D eigenvalue weighted by atomic mass is 19.4. The van der Waals surface area contributed by atoms with Gasteiger partial charge >= 0.3 is 6.18 Å². The maximum absolute atomic E-state index is 12.5. The van der Waals surface area contributed by atoms with E-state index in [9.17, 15) is 22.0 Å². The van der Waals surface area contributed by atoms with Gasteiger partial charge in [-0.05, 0) is 0 Å². The zero-order valence-corrected chi connectivity index (χ0v) is 8.35. The number of alkyl halides is 5. The highest BCUT2D eigenvalue weighted by molar-refractivity contribution is 5.48. The Morgan fingerprint density at radius 3 is 2.35 bits per heavy atom. The number of pyridine rings is 1. The molecular formula is C9H5F5N2O. The number of nitrogens with zero attached hydrogens (tertiary/aromatic N) is 2. The molecule has 0 aliphatic heterocycles. The molecule has 0 atom stereocenters. The number of rotatable bonds is 2. The molecule has 92 valence electrons. The summed E-state index contributed by atoms with van der Waals surface area (Å²) in [5.74, 6) is -0.579. The van der Waals surface area contributed by atoms with Crippen LogP contribution in [0.5, 0.6) is 5.75 Å². The lowest BCUT2D eigenvalue weighted by Gasteiger charge is -2.12. The molecule has 0 aliphatic carbocycles. The van der Waals surface area contributed by atoms with E-state index in [2.05, 4.69) is 9.72 Å². The summed E-state index contributed by atoms with van der Waals surface area (Å²) in [6.07, 6.45) is -8.17. The smallest absolute Gasteiger partial charge is 0.433 e. The van der Waals surface area contributed by atoms with Crippen molar-refractivity contribution in [2.75, 3.05) is 7.11 Å². The summed E-state index contributed by atoms with van der Waals surface area (Å²) in [7, 11) is 0.978. The number of aromatic nitrogens is 1. The Hall–Kier alpha value is -1.91. The van der Waals surface area contributed by atoms with Gasteiger partial charge in [0.2, 0.25) is 0 Å². The van der Waals surface area contributed by atoms with E-state index in [0.717, 1.165) is 7.11 Å². The Balaban J connectivity index is 3.53. The molecule has 1 heterocycles. The van der Waals surface area contributed by atoms with Crippen LogP contribution >= 0.6 is 0 Å². The number of methoxy groups -OCH3 is 1. The van der Waals surface area contributed by atoms with Crippen LogP contribution in [0.3, 0.4) is 0 Å². The highest BCUT2D eigenvalue weighted by Crippen LogP contribution is 2.35. The minimum absolute atomic E-state index is 0.407. The van der Waals surface area contributed by atoms with E-state index in [4.69, 9.17) is 5.26 Å². The Kier molecular flexibility index (Phi) is 3.50. The molecule has 0 radical (unpaired) electrons. The number of ether oxygens (including phenoxy) is 1. The highest BCUT2D eigenvalue weighted by Gasteiger charge is 2.35. The average molecular weight is 252 g/mol. The Labute approximate surface area is 92.4 Å². The fourth-order valence-corrected chi connectivity index (χ4v) is 1.12. The lowest BCUT2D eigenvalue weighted by Crippen LogP contribution is -2.12. The zero-order chi connectivity index (χ0) is 13.2. The fourth-order valence-electron chi connectivity index (χ4n) is 1.12. The van der Waals surface area contributed by atoms with E-state index in [1.54, 1.807) is 0 Å². The second-order valence-electron chi connectivity index (χ2n) is 2.88. The summed E-state index contributed by atoms with van der Waals surface area (Å²) in [4.78, 5) is 2.75. The number of halogens is 5. The maximum Gasteiger partial charge on any atom is 0.433 e. The molecule has 1 rings (SSSR count). The summed E-state index contributed by atoms with van der Waals surface area (Å²) in [6, 6.07) is 1.75. The molecule has 0 N–H and O–H groups in total. The molecule has 1 aromatic rings. The Bertz CT molecular complexity index is 464. The third kappa shape index (κ3) is 2.61. The first-order chi connectivity index (χ1) is 7.81. The van der Waals surface area contributed by atoms with Gasteiger partial charge in [0.15, 0.2) is 0 Å². The van der Waals surface area contributed by atoms with Gasteiger partial charge in [0.1, 0.15) is 28.8 Å². The number of hydrogen-bond donors (Lipinski definition) is 0. The van der Waals surface area contributed by atoms with Gasteiger partial charge in [-0.25, -0.2) is 13.8 Å². The van der Waals surface area contributed by atoms with E-state index in [0.29, 0.717) is 6.07 Å². The summed E-state index contributed by atoms with van der Waals surface area (Å²) < 4.78 is 66.4. The van der Waals surface area contributed by atoms with Crippen LogP contribution < -0.4 is 4.74 Å². The first kappa shape index (κ1) is 13.2. The van der Waals surface area contributed by atoms with E-state index in [-0.39, 0.29) is 0 Å². The number of hydrogen-bond acceptors (Lipinski definition) is 3. The van der Waals surface area contributed by atoms with E-state index >= 15 is 0 Å². The van der Waals surface area contributed by atoms with Crippen molar-refractivity contribution in [3.8, 4) is 11.8 Å². The molecule has 8 heteroatoms. The molecule has 0 aromatic carbocycles. The van der Waals surface area contributed by atoms with Gasteiger partial charge in [0, 0.05) is 6.07 Å². The molecule has 0 saturated heterocycles. The van der Waals surface area contributed by atoms with Crippen molar-refractivity contribution in [3.05, 3.63) is 23.0 Å². The molecule has 0 amide bonds. The maximum atomic E-state index is 12.5. The van der Waals surface area contributed by atoms with Gasteiger partial charge in [-0.2, -0.15) is 18.4 Å². The molecular weight excluding hydrogens is 247 g/mol. The van der Waals surface area contributed by atoms with Crippen LogP contribution in [0.25, 0.3) is 0 Å². The molecule has 3 nitrogen and oxygen atoms in total. The molecule has 0 spiro atoms. The van der Waals surface area contributed by atoms with E-state index in [1.807, 2.05) is 0 Å². The van der Waals surface area contributed by atoms with Gasteiger partial charge in [-0.15, -0.1) is 0 Å². The molecule has 0 aliphatic rings. The summed E-state index contributed by atoms with van der Waals surface area (Å²) in [5.41, 5.74) is -3.46. The molecule has 1 aromatic heterocycles. The molecule has 17 heavy (non-hydrogen) atoms. The van der Waals surface area contributed by atoms with Crippen molar-refractivity contribution in [1.29, 1.82) is 5.26 Å². The third-order valence-electron chi connectivity index (χ3n) is 1.84. The minimum Gasteiger partial charge on any atom is -0.495 e. The van der Waals surface area contributed by atoms with Crippen LogP contribution in [0, 0.1) is 11.3 Å². The van der Waals surface area contributed by atoms with Gasteiger partial charge in [0.25, 0.3) is 6.43 Å². The van der Waals surface area contributed by atoms with Crippen LogP contribution in [-0.4, -0.2) is 12.1 Å². The molecule has 0 unspecified atom stereocenters. The zero-order valence-electron chi connectivity index (χ0n) is 8.35.